The topological polar surface area (TPSA) is 61.5 Å². The van der Waals surface area contributed by atoms with E-state index in [4.69, 9.17) is 15.2 Å². The van der Waals surface area contributed by atoms with Crippen LogP contribution in [0.4, 0.5) is 0 Å². The lowest BCUT2D eigenvalue weighted by Crippen LogP contribution is -2.51. The minimum atomic E-state index is -0.167. The number of ether oxygens (including phenoxy) is 2. The summed E-state index contributed by atoms with van der Waals surface area (Å²) in [5.41, 5.74) is 8.32. The minimum Gasteiger partial charge on any atom is -0.465 e. The second-order valence-corrected chi connectivity index (χ2v) is 15.1. The molecule has 0 aromatic carbocycles. The zero-order chi connectivity index (χ0) is 27.5. The summed E-state index contributed by atoms with van der Waals surface area (Å²) in [7, 11) is 0. The molecule has 0 aromatic heterocycles. The first kappa shape index (κ1) is 30.6. The van der Waals surface area contributed by atoms with Gasteiger partial charge in [0.1, 0.15) is 4.83 Å². The predicted octanol–water partition coefficient (Wildman–Crippen LogP) is 8.07. The van der Waals surface area contributed by atoms with Crippen LogP contribution in [-0.4, -0.2) is 36.7 Å². The first-order valence-electron chi connectivity index (χ1n) is 16.0. The molecule has 3 saturated carbocycles. The molecule has 3 fully saturated rings. The molecule has 0 aromatic rings. The van der Waals surface area contributed by atoms with Crippen LogP contribution in [0.1, 0.15) is 112 Å². The number of allylic oxidation sites excluding steroid dienone is 1. The fraction of sp³-hybridized carbons (Fsp3) is 0.909. The molecule has 38 heavy (non-hydrogen) atoms. The number of esters is 1. The number of halogens is 1. The Bertz CT molecular complexity index is 831. The van der Waals surface area contributed by atoms with E-state index >= 15 is 0 Å². The standard InChI is InChI=1S/C33H56BrNO3/c1-6-37-31(36)30(34)20-22(2)8-7-9-23(3)27-12-13-28-26-11-10-24-21-25(38-19-18-35)14-16-32(24,4)29(26)15-17-33(27,28)5/h10,22-23,25-30H,6-9,11-21,35H2,1-5H3/t22?,23-,25+,26?,27-,28?,29?,30?,32+,33-/m1/s1. The first-order valence-corrected chi connectivity index (χ1v) is 16.9. The molecule has 0 saturated heterocycles. The van der Waals surface area contributed by atoms with Crippen molar-refractivity contribution < 1.29 is 14.3 Å². The molecule has 0 aliphatic heterocycles. The number of carbonyl (C=O) groups is 1. The zero-order valence-corrected chi connectivity index (χ0v) is 26.6. The molecule has 5 heteroatoms. The van der Waals surface area contributed by atoms with Gasteiger partial charge in [-0.1, -0.05) is 74.5 Å². The average Bonchev–Trinajstić information content (AvgIpc) is 3.24. The second-order valence-electron chi connectivity index (χ2n) is 14.0. The number of fused-ring (bicyclic) bond motifs is 5. The highest BCUT2D eigenvalue weighted by atomic mass is 79.9. The summed E-state index contributed by atoms with van der Waals surface area (Å²) in [6.45, 7) is 13.8. The van der Waals surface area contributed by atoms with Crippen molar-refractivity contribution in [2.45, 2.75) is 123 Å². The van der Waals surface area contributed by atoms with Gasteiger partial charge in [-0.3, -0.25) is 4.79 Å². The van der Waals surface area contributed by atoms with Crippen molar-refractivity contribution in [3.05, 3.63) is 11.6 Å². The molecule has 4 nitrogen and oxygen atoms in total. The van der Waals surface area contributed by atoms with Gasteiger partial charge >= 0.3 is 5.97 Å². The summed E-state index contributed by atoms with van der Waals surface area (Å²) in [4.78, 5) is 11.8. The van der Waals surface area contributed by atoms with Crippen LogP contribution in [0.2, 0.25) is 0 Å². The number of hydrogen-bond acceptors (Lipinski definition) is 4. The Morgan fingerprint density at radius 1 is 1.13 bits per heavy atom. The molecule has 4 rings (SSSR count). The van der Waals surface area contributed by atoms with Gasteiger partial charge in [0.25, 0.3) is 0 Å². The lowest BCUT2D eigenvalue weighted by atomic mass is 9.47. The van der Waals surface area contributed by atoms with Crippen molar-refractivity contribution in [1.29, 1.82) is 0 Å². The minimum absolute atomic E-state index is 0.111. The Kier molecular flexibility index (Phi) is 10.5. The van der Waals surface area contributed by atoms with E-state index in [1.54, 1.807) is 5.57 Å². The molecule has 2 N–H and O–H groups in total. The summed E-state index contributed by atoms with van der Waals surface area (Å²) in [6.07, 6.45) is 18.3. The zero-order valence-electron chi connectivity index (χ0n) is 25.0. The molecule has 0 heterocycles. The van der Waals surface area contributed by atoms with Gasteiger partial charge in [-0.05, 0) is 111 Å². The van der Waals surface area contributed by atoms with E-state index in [-0.39, 0.29) is 10.8 Å². The van der Waals surface area contributed by atoms with E-state index in [1.165, 1.54) is 64.2 Å². The van der Waals surface area contributed by atoms with E-state index in [0.29, 0.717) is 42.6 Å². The van der Waals surface area contributed by atoms with Crippen molar-refractivity contribution in [2.24, 2.45) is 52.1 Å². The number of rotatable bonds is 12. The van der Waals surface area contributed by atoms with Gasteiger partial charge < -0.3 is 15.2 Å². The van der Waals surface area contributed by atoms with Crippen molar-refractivity contribution >= 4 is 21.9 Å². The molecule has 0 bridgehead atoms. The number of hydrogen-bond donors (Lipinski definition) is 1. The van der Waals surface area contributed by atoms with Crippen LogP contribution in [0.15, 0.2) is 11.6 Å². The Balaban J connectivity index is 1.32. The Hall–Kier alpha value is -0.390. The van der Waals surface area contributed by atoms with E-state index in [0.717, 1.165) is 42.4 Å². The maximum Gasteiger partial charge on any atom is 0.319 e. The Morgan fingerprint density at radius 2 is 1.92 bits per heavy atom. The van der Waals surface area contributed by atoms with Crippen LogP contribution >= 0.6 is 15.9 Å². The van der Waals surface area contributed by atoms with Crippen LogP contribution in [-0.2, 0) is 14.3 Å². The molecule has 4 aliphatic carbocycles. The van der Waals surface area contributed by atoms with Crippen LogP contribution in [0.5, 0.6) is 0 Å². The van der Waals surface area contributed by atoms with E-state index in [2.05, 4.69) is 49.7 Å². The smallest absolute Gasteiger partial charge is 0.319 e. The fourth-order valence-corrected chi connectivity index (χ4v) is 10.5. The van der Waals surface area contributed by atoms with Gasteiger partial charge in [0.15, 0.2) is 0 Å². The predicted molar refractivity (Wildman–Crippen MR) is 160 cm³/mol. The maximum atomic E-state index is 12.0. The van der Waals surface area contributed by atoms with Gasteiger partial charge in [0.05, 0.1) is 19.3 Å². The summed E-state index contributed by atoms with van der Waals surface area (Å²) < 4.78 is 11.3. The fourth-order valence-electron chi connectivity index (χ4n) is 9.77. The third-order valence-electron chi connectivity index (χ3n) is 11.8. The average molecular weight is 595 g/mol. The quantitative estimate of drug-likeness (QED) is 0.141. The Morgan fingerprint density at radius 3 is 2.66 bits per heavy atom. The van der Waals surface area contributed by atoms with Crippen molar-refractivity contribution in [3.8, 4) is 0 Å². The van der Waals surface area contributed by atoms with Crippen molar-refractivity contribution in [2.75, 3.05) is 19.8 Å². The molecular formula is C33H56BrNO3. The molecular weight excluding hydrogens is 538 g/mol. The molecule has 0 amide bonds. The lowest BCUT2D eigenvalue weighted by Gasteiger charge is -2.58. The Labute approximate surface area is 241 Å². The van der Waals surface area contributed by atoms with Gasteiger partial charge in [-0.2, -0.15) is 0 Å². The molecule has 0 radical (unpaired) electrons. The van der Waals surface area contributed by atoms with Gasteiger partial charge in [-0.25, -0.2) is 0 Å². The van der Waals surface area contributed by atoms with Gasteiger partial charge in [0, 0.05) is 6.54 Å². The van der Waals surface area contributed by atoms with Crippen LogP contribution < -0.4 is 5.73 Å². The van der Waals surface area contributed by atoms with Crippen molar-refractivity contribution in [3.63, 3.8) is 0 Å². The first-order chi connectivity index (χ1) is 18.1. The number of nitrogens with two attached hydrogens (primary N) is 1. The summed E-state index contributed by atoms with van der Waals surface area (Å²) in [5.74, 6) is 4.72. The molecule has 0 spiro atoms. The largest absolute Gasteiger partial charge is 0.465 e. The normalized spacial score (nSPS) is 38.8. The summed E-state index contributed by atoms with van der Waals surface area (Å²) in [5, 5.41) is 0. The monoisotopic (exact) mass is 593 g/mol. The summed E-state index contributed by atoms with van der Waals surface area (Å²) in [6, 6.07) is 0. The highest BCUT2D eigenvalue weighted by molar-refractivity contribution is 9.10. The molecule has 5 unspecified atom stereocenters. The third-order valence-corrected chi connectivity index (χ3v) is 12.5. The number of alkyl halides is 1. The van der Waals surface area contributed by atoms with E-state index < -0.39 is 0 Å². The van der Waals surface area contributed by atoms with Gasteiger partial charge in [0.2, 0.25) is 0 Å². The van der Waals surface area contributed by atoms with Crippen LogP contribution in [0.25, 0.3) is 0 Å². The van der Waals surface area contributed by atoms with E-state index in [9.17, 15) is 4.79 Å². The van der Waals surface area contributed by atoms with Crippen LogP contribution in [0.3, 0.4) is 0 Å². The molecule has 4 aliphatic rings. The summed E-state index contributed by atoms with van der Waals surface area (Å²) >= 11 is 3.54. The lowest BCUT2D eigenvalue weighted by molar-refractivity contribution is -0.142. The highest BCUT2D eigenvalue weighted by Crippen LogP contribution is 2.67. The van der Waals surface area contributed by atoms with Gasteiger partial charge in [-0.15, -0.1) is 0 Å². The van der Waals surface area contributed by atoms with Crippen LogP contribution in [0, 0.1) is 46.3 Å². The molecule has 10 atom stereocenters. The number of carbonyl (C=O) groups excluding carboxylic acids is 1. The SMILES string of the molecule is CCOC(=O)C(Br)CC(C)CCC[C@@H](C)[C@H]1CCC2C3CC=C4C[C@@H](OCCN)CC[C@]4(C)C3CC[C@@]21C. The highest BCUT2D eigenvalue weighted by Gasteiger charge is 2.59. The third kappa shape index (κ3) is 6.25. The van der Waals surface area contributed by atoms with Crippen molar-refractivity contribution in [1.82, 2.24) is 0 Å². The maximum absolute atomic E-state index is 12.0. The van der Waals surface area contributed by atoms with E-state index in [1.807, 2.05) is 6.92 Å². The molecule has 218 valence electrons. The second kappa shape index (κ2) is 13.1.